The van der Waals surface area contributed by atoms with Gasteiger partial charge in [-0.1, -0.05) is 12.1 Å². The maximum absolute atomic E-state index is 12.0. The fourth-order valence-electron chi connectivity index (χ4n) is 2.29. The fraction of sp³-hybridized carbons (Fsp3) is 0.300. The smallest absolute Gasteiger partial charge is 0.242 e. The van der Waals surface area contributed by atoms with Crippen LogP contribution in [0.1, 0.15) is 18.9 Å². The second kappa shape index (κ2) is 10.1. The van der Waals surface area contributed by atoms with Gasteiger partial charge in [-0.05, 0) is 49.7 Å². The van der Waals surface area contributed by atoms with Crippen molar-refractivity contribution in [3.05, 3.63) is 54.1 Å². The van der Waals surface area contributed by atoms with E-state index in [1.165, 1.54) is 0 Å². The number of nitrogens with one attached hydrogen (secondary N) is 2. The van der Waals surface area contributed by atoms with Crippen molar-refractivity contribution in [2.45, 2.75) is 19.4 Å². The fourth-order valence-corrected chi connectivity index (χ4v) is 2.29. The van der Waals surface area contributed by atoms with Crippen LogP contribution < -0.4 is 15.4 Å². The van der Waals surface area contributed by atoms with Gasteiger partial charge in [-0.15, -0.1) is 0 Å². The second-order valence-corrected chi connectivity index (χ2v) is 5.74. The number of rotatable bonds is 9. The zero-order valence-electron chi connectivity index (χ0n) is 15.0. The number of amides is 1. The summed E-state index contributed by atoms with van der Waals surface area (Å²) in [7, 11) is 1.64. The predicted molar refractivity (Wildman–Crippen MR) is 100 cm³/mol. The number of para-hydroxylation sites is 1. The summed E-state index contributed by atoms with van der Waals surface area (Å²) in [4.78, 5) is 12.0. The van der Waals surface area contributed by atoms with Gasteiger partial charge in [-0.2, -0.15) is 5.26 Å². The highest BCUT2D eigenvalue weighted by Gasteiger charge is 2.12. The molecule has 2 aromatic carbocycles. The summed E-state index contributed by atoms with van der Waals surface area (Å²) in [6.45, 7) is 3.02. The third-order valence-corrected chi connectivity index (χ3v) is 3.69. The Bertz CT molecular complexity index is 754. The van der Waals surface area contributed by atoms with Crippen molar-refractivity contribution in [3.8, 4) is 17.6 Å². The minimum Gasteiger partial charge on any atom is -0.456 e. The molecule has 1 atom stereocenters. The lowest BCUT2D eigenvalue weighted by atomic mass is 10.2. The lowest BCUT2D eigenvalue weighted by Crippen LogP contribution is -2.38. The Kier molecular flexibility index (Phi) is 7.47. The van der Waals surface area contributed by atoms with Gasteiger partial charge in [-0.3, -0.25) is 4.79 Å². The van der Waals surface area contributed by atoms with Crippen LogP contribution in [0.2, 0.25) is 0 Å². The molecule has 0 fully saturated rings. The maximum atomic E-state index is 12.0. The molecular formula is C20H23N3O3. The summed E-state index contributed by atoms with van der Waals surface area (Å²) in [5, 5.41) is 15.1. The quantitative estimate of drug-likeness (QED) is 0.676. The van der Waals surface area contributed by atoms with Gasteiger partial charge in [0, 0.05) is 25.9 Å². The molecule has 0 aliphatic rings. The first-order valence-corrected chi connectivity index (χ1v) is 8.44. The van der Waals surface area contributed by atoms with E-state index in [1.54, 1.807) is 44.4 Å². The van der Waals surface area contributed by atoms with Crippen LogP contribution in [-0.4, -0.2) is 32.2 Å². The van der Waals surface area contributed by atoms with Crippen LogP contribution in [0.3, 0.4) is 0 Å². The Morgan fingerprint density at radius 3 is 2.62 bits per heavy atom. The minimum atomic E-state index is -0.358. The van der Waals surface area contributed by atoms with Crippen molar-refractivity contribution in [2.24, 2.45) is 0 Å². The van der Waals surface area contributed by atoms with E-state index in [0.717, 1.165) is 12.1 Å². The van der Waals surface area contributed by atoms with Crippen molar-refractivity contribution in [3.63, 3.8) is 0 Å². The van der Waals surface area contributed by atoms with Gasteiger partial charge >= 0.3 is 0 Å². The van der Waals surface area contributed by atoms with Gasteiger partial charge in [0.05, 0.1) is 5.56 Å². The summed E-state index contributed by atoms with van der Waals surface area (Å²) < 4.78 is 10.7. The monoisotopic (exact) mass is 353 g/mol. The Morgan fingerprint density at radius 2 is 1.92 bits per heavy atom. The number of carbonyl (C=O) groups excluding carboxylic acids is 1. The average molecular weight is 353 g/mol. The molecule has 2 aromatic rings. The van der Waals surface area contributed by atoms with E-state index < -0.39 is 0 Å². The van der Waals surface area contributed by atoms with Crippen LogP contribution in [0.15, 0.2) is 48.5 Å². The van der Waals surface area contributed by atoms with Crippen molar-refractivity contribution < 1.29 is 14.3 Å². The van der Waals surface area contributed by atoms with Crippen LogP contribution in [0.4, 0.5) is 5.69 Å². The molecule has 6 nitrogen and oxygen atoms in total. The molecule has 0 aromatic heterocycles. The molecule has 136 valence electrons. The summed E-state index contributed by atoms with van der Waals surface area (Å²) in [6.07, 6.45) is 0.783. The molecule has 0 spiro atoms. The van der Waals surface area contributed by atoms with Gasteiger partial charge in [0.1, 0.15) is 23.6 Å². The average Bonchev–Trinajstić information content (AvgIpc) is 2.67. The zero-order valence-corrected chi connectivity index (χ0v) is 15.0. The first-order chi connectivity index (χ1) is 12.6. The number of methoxy groups -OCH3 is 1. The van der Waals surface area contributed by atoms with E-state index in [-0.39, 0.29) is 11.9 Å². The molecule has 0 bridgehead atoms. The van der Waals surface area contributed by atoms with E-state index in [1.807, 2.05) is 18.2 Å². The molecule has 0 saturated carbocycles. The highest BCUT2D eigenvalue weighted by molar-refractivity contribution is 5.84. The molecule has 1 unspecified atom stereocenters. The zero-order chi connectivity index (χ0) is 18.8. The first kappa shape index (κ1) is 19.3. The van der Waals surface area contributed by atoms with Crippen molar-refractivity contribution >= 4 is 11.6 Å². The number of ether oxygens (including phenoxy) is 2. The van der Waals surface area contributed by atoms with Crippen molar-refractivity contribution in [1.29, 1.82) is 5.26 Å². The van der Waals surface area contributed by atoms with Crippen molar-refractivity contribution in [1.82, 2.24) is 5.32 Å². The van der Waals surface area contributed by atoms with Crippen LogP contribution in [0, 0.1) is 11.3 Å². The van der Waals surface area contributed by atoms with Gasteiger partial charge in [0.2, 0.25) is 5.91 Å². The Balaban J connectivity index is 1.89. The Labute approximate surface area is 153 Å². The molecular weight excluding hydrogens is 330 g/mol. The number of nitrogens with zero attached hydrogens (tertiary/aromatic N) is 1. The summed E-state index contributed by atoms with van der Waals surface area (Å²) in [5.74, 6) is 1.07. The Hall–Kier alpha value is -3.04. The molecule has 0 aliphatic carbocycles. The standard InChI is InChI=1S/C20H23N3O3/c1-15(20(24)22-12-5-13-25-2)23-17-8-10-18(11-9-17)26-19-7-4-3-6-16(19)14-21/h3-4,6-11,15,23H,5,12-13H2,1-2H3,(H,22,24). The number of hydrogen-bond donors (Lipinski definition) is 2. The van der Waals surface area contributed by atoms with Crippen LogP contribution >= 0.6 is 0 Å². The van der Waals surface area contributed by atoms with E-state index >= 15 is 0 Å². The molecule has 2 N–H and O–H groups in total. The minimum absolute atomic E-state index is 0.0654. The first-order valence-electron chi connectivity index (χ1n) is 8.44. The lowest BCUT2D eigenvalue weighted by Gasteiger charge is -2.15. The van der Waals surface area contributed by atoms with E-state index in [9.17, 15) is 4.79 Å². The van der Waals surface area contributed by atoms with Gasteiger partial charge in [0.25, 0.3) is 0 Å². The normalized spacial score (nSPS) is 11.3. The van der Waals surface area contributed by atoms with Crippen LogP contribution in [0.5, 0.6) is 11.5 Å². The maximum Gasteiger partial charge on any atom is 0.242 e. The van der Waals surface area contributed by atoms with Crippen LogP contribution in [-0.2, 0) is 9.53 Å². The summed E-state index contributed by atoms with van der Waals surface area (Å²) >= 11 is 0. The molecule has 0 heterocycles. The van der Waals surface area contributed by atoms with Gasteiger partial charge in [0.15, 0.2) is 0 Å². The molecule has 6 heteroatoms. The third kappa shape index (κ3) is 5.80. The molecule has 0 radical (unpaired) electrons. The topological polar surface area (TPSA) is 83.4 Å². The van der Waals surface area contributed by atoms with E-state index in [4.69, 9.17) is 14.7 Å². The summed E-state index contributed by atoms with van der Waals surface area (Å²) in [5.41, 5.74) is 1.29. The highest BCUT2D eigenvalue weighted by Crippen LogP contribution is 2.25. The van der Waals surface area contributed by atoms with E-state index in [2.05, 4.69) is 16.7 Å². The number of benzene rings is 2. The SMILES string of the molecule is COCCCNC(=O)C(C)Nc1ccc(Oc2ccccc2C#N)cc1. The summed E-state index contributed by atoms with van der Waals surface area (Å²) in [6, 6.07) is 16.1. The lowest BCUT2D eigenvalue weighted by molar-refractivity contribution is -0.121. The number of carbonyl (C=O) groups is 1. The van der Waals surface area contributed by atoms with Gasteiger partial charge < -0.3 is 20.1 Å². The van der Waals surface area contributed by atoms with Gasteiger partial charge in [-0.25, -0.2) is 0 Å². The molecule has 0 aliphatic heterocycles. The predicted octanol–water partition coefficient (Wildman–Crippen LogP) is 3.30. The van der Waals surface area contributed by atoms with Crippen molar-refractivity contribution in [2.75, 3.05) is 25.6 Å². The molecule has 0 saturated heterocycles. The molecule has 2 rings (SSSR count). The van der Waals surface area contributed by atoms with Crippen LogP contribution in [0.25, 0.3) is 0 Å². The number of nitriles is 1. The molecule has 1 amide bonds. The third-order valence-electron chi connectivity index (χ3n) is 3.69. The number of hydrogen-bond acceptors (Lipinski definition) is 5. The Morgan fingerprint density at radius 1 is 1.19 bits per heavy atom. The highest BCUT2D eigenvalue weighted by atomic mass is 16.5. The molecule has 26 heavy (non-hydrogen) atoms. The largest absolute Gasteiger partial charge is 0.456 e. The number of anilines is 1. The van der Waals surface area contributed by atoms with E-state index in [0.29, 0.717) is 30.2 Å². The second-order valence-electron chi connectivity index (χ2n) is 5.74.